The average molecular weight is 318 g/mol. The second-order valence-corrected chi connectivity index (χ2v) is 6.10. The van der Waals surface area contributed by atoms with Crippen LogP contribution >= 0.6 is 11.3 Å². The molecule has 0 fully saturated rings. The molecule has 4 nitrogen and oxygen atoms in total. The van der Waals surface area contributed by atoms with Crippen LogP contribution in [0, 0.1) is 0 Å². The number of carbonyl (C=O) groups excluding carboxylic acids is 1. The molecule has 2 rings (SSSR count). The fourth-order valence-electron chi connectivity index (χ4n) is 2.11. The van der Waals surface area contributed by atoms with Gasteiger partial charge in [-0.2, -0.15) is 11.3 Å². The Kier molecular flexibility index (Phi) is 6.43. The lowest BCUT2D eigenvalue weighted by atomic mass is 10.1. The molecule has 1 unspecified atom stereocenters. The molecule has 0 saturated heterocycles. The molecule has 0 radical (unpaired) electrons. The highest BCUT2D eigenvalue weighted by molar-refractivity contribution is 7.07. The number of benzene rings is 1. The Labute approximate surface area is 135 Å². The number of carbonyl (C=O) groups is 1. The van der Waals surface area contributed by atoms with E-state index in [1.54, 1.807) is 11.3 Å². The monoisotopic (exact) mass is 318 g/mol. The first kappa shape index (κ1) is 16.5. The average Bonchev–Trinajstić information content (AvgIpc) is 3.08. The van der Waals surface area contributed by atoms with Gasteiger partial charge in [-0.25, -0.2) is 4.79 Å². The molecule has 0 aliphatic heterocycles. The first-order valence-electron chi connectivity index (χ1n) is 7.41. The molecule has 1 heterocycles. The van der Waals surface area contributed by atoms with Gasteiger partial charge in [-0.3, -0.25) is 0 Å². The number of hydrogen-bond donors (Lipinski definition) is 3. The predicted molar refractivity (Wildman–Crippen MR) is 90.2 cm³/mol. The van der Waals surface area contributed by atoms with Crippen LogP contribution in [0.15, 0.2) is 41.1 Å². The van der Waals surface area contributed by atoms with Gasteiger partial charge in [-0.05, 0) is 45.9 Å². The van der Waals surface area contributed by atoms with Crippen molar-refractivity contribution in [1.29, 1.82) is 0 Å². The number of thiophene rings is 1. The molecule has 2 aromatic rings. The molecule has 1 atom stereocenters. The van der Waals surface area contributed by atoms with E-state index in [4.69, 9.17) is 5.11 Å². The third kappa shape index (κ3) is 5.16. The number of aliphatic hydroxyl groups is 1. The van der Waals surface area contributed by atoms with Gasteiger partial charge in [0.05, 0.1) is 6.61 Å². The summed E-state index contributed by atoms with van der Waals surface area (Å²) in [5, 5.41) is 18.9. The summed E-state index contributed by atoms with van der Waals surface area (Å²) in [6.07, 6.45) is 0.777. The van der Waals surface area contributed by atoms with Crippen LogP contribution in [0.2, 0.25) is 0 Å². The molecular formula is C17H22N2O2S. The van der Waals surface area contributed by atoms with Crippen LogP contribution < -0.4 is 10.6 Å². The summed E-state index contributed by atoms with van der Waals surface area (Å²) in [4.78, 5) is 11.8. The van der Waals surface area contributed by atoms with Gasteiger partial charge in [-0.15, -0.1) is 0 Å². The third-order valence-corrected chi connectivity index (χ3v) is 4.29. The topological polar surface area (TPSA) is 61.4 Å². The summed E-state index contributed by atoms with van der Waals surface area (Å²) in [7, 11) is 0. The van der Waals surface area contributed by atoms with E-state index in [1.165, 1.54) is 5.56 Å². The summed E-state index contributed by atoms with van der Waals surface area (Å²) in [5.74, 6) is 0.322. The number of rotatable bonds is 7. The number of amides is 2. The lowest BCUT2D eigenvalue weighted by molar-refractivity contribution is 0.240. The molecule has 22 heavy (non-hydrogen) atoms. The maximum atomic E-state index is 11.8. The van der Waals surface area contributed by atoms with E-state index in [2.05, 4.69) is 29.0 Å². The normalized spacial score (nSPS) is 11.9. The summed E-state index contributed by atoms with van der Waals surface area (Å²) < 4.78 is 0. The van der Waals surface area contributed by atoms with E-state index in [9.17, 15) is 4.79 Å². The van der Waals surface area contributed by atoms with E-state index in [0.717, 1.165) is 17.5 Å². The van der Waals surface area contributed by atoms with E-state index in [1.807, 2.05) is 29.6 Å². The zero-order valence-corrected chi connectivity index (χ0v) is 13.5. The van der Waals surface area contributed by atoms with Crippen LogP contribution in [-0.4, -0.2) is 24.2 Å². The van der Waals surface area contributed by atoms with Gasteiger partial charge < -0.3 is 15.7 Å². The molecule has 1 aromatic heterocycles. The van der Waals surface area contributed by atoms with Gasteiger partial charge in [0.15, 0.2) is 0 Å². The van der Waals surface area contributed by atoms with Crippen molar-refractivity contribution in [3.8, 4) is 0 Å². The Morgan fingerprint density at radius 2 is 1.91 bits per heavy atom. The minimum absolute atomic E-state index is 0.0588. The second-order valence-electron chi connectivity index (χ2n) is 5.32. The Balaban J connectivity index is 1.65. The maximum Gasteiger partial charge on any atom is 0.314 e. The van der Waals surface area contributed by atoms with E-state index >= 15 is 0 Å². The minimum atomic E-state index is -0.131. The number of urea groups is 1. The number of nitrogens with one attached hydrogen (secondary N) is 2. The van der Waals surface area contributed by atoms with Crippen LogP contribution in [-0.2, 0) is 13.0 Å². The quantitative estimate of drug-likeness (QED) is 0.735. The van der Waals surface area contributed by atoms with Crippen molar-refractivity contribution in [2.24, 2.45) is 0 Å². The van der Waals surface area contributed by atoms with Crippen LogP contribution in [0.3, 0.4) is 0 Å². The minimum Gasteiger partial charge on any atom is -0.392 e. The van der Waals surface area contributed by atoms with Gasteiger partial charge in [0, 0.05) is 13.1 Å². The lowest BCUT2D eigenvalue weighted by Gasteiger charge is -2.12. The first-order valence-corrected chi connectivity index (χ1v) is 8.36. The molecule has 2 amide bonds. The van der Waals surface area contributed by atoms with E-state index in [-0.39, 0.29) is 12.6 Å². The Bertz CT molecular complexity index is 567. The van der Waals surface area contributed by atoms with E-state index in [0.29, 0.717) is 19.0 Å². The Morgan fingerprint density at radius 1 is 1.18 bits per heavy atom. The molecule has 118 valence electrons. The van der Waals surface area contributed by atoms with Crippen LogP contribution in [0.5, 0.6) is 0 Å². The van der Waals surface area contributed by atoms with Crippen molar-refractivity contribution >= 4 is 17.4 Å². The zero-order chi connectivity index (χ0) is 15.8. The largest absolute Gasteiger partial charge is 0.392 e. The van der Waals surface area contributed by atoms with Crippen molar-refractivity contribution in [2.75, 3.05) is 13.1 Å². The standard InChI is InChI=1S/C17H22N2O2S/c1-13(16-7-9-22-12-16)10-19-17(21)18-8-6-14-2-4-15(11-20)5-3-14/h2-5,7,9,12-13,20H,6,8,10-11H2,1H3,(H2,18,19,21). The molecule has 1 aromatic carbocycles. The molecule has 0 saturated carbocycles. The molecule has 0 aliphatic rings. The number of hydrogen-bond acceptors (Lipinski definition) is 3. The van der Waals surface area contributed by atoms with Gasteiger partial charge in [0.25, 0.3) is 0 Å². The molecular weight excluding hydrogens is 296 g/mol. The fraction of sp³-hybridized carbons (Fsp3) is 0.353. The highest BCUT2D eigenvalue weighted by atomic mass is 32.1. The fourth-order valence-corrected chi connectivity index (χ4v) is 2.90. The zero-order valence-electron chi connectivity index (χ0n) is 12.7. The predicted octanol–water partition coefficient (Wildman–Crippen LogP) is 2.89. The molecule has 5 heteroatoms. The summed E-state index contributed by atoms with van der Waals surface area (Å²) in [6.45, 7) is 3.39. The molecule has 3 N–H and O–H groups in total. The smallest absolute Gasteiger partial charge is 0.314 e. The van der Waals surface area contributed by atoms with Crippen molar-refractivity contribution in [3.63, 3.8) is 0 Å². The van der Waals surface area contributed by atoms with Crippen molar-refractivity contribution < 1.29 is 9.90 Å². The molecule has 0 bridgehead atoms. The van der Waals surface area contributed by atoms with Crippen LogP contribution in [0.1, 0.15) is 29.5 Å². The van der Waals surface area contributed by atoms with E-state index < -0.39 is 0 Å². The van der Waals surface area contributed by atoms with Gasteiger partial charge in [0.1, 0.15) is 0 Å². The van der Waals surface area contributed by atoms with Gasteiger partial charge >= 0.3 is 6.03 Å². The van der Waals surface area contributed by atoms with Crippen molar-refractivity contribution in [2.45, 2.75) is 25.9 Å². The highest BCUT2D eigenvalue weighted by Gasteiger charge is 2.07. The van der Waals surface area contributed by atoms with Crippen LogP contribution in [0.25, 0.3) is 0 Å². The van der Waals surface area contributed by atoms with Crippen molar-refractivity contribution in [3.05, 3.63) is 57.8 Å². The summed E-state index contributed by atoms with van der Waals surface area (Å²) in [5.41, 5.74) is 3.30. The van der Waals surface area contributed by atoms with Gasteiger partial charge in [0.2, 0.25) is 0 Å². The van der Waals surface area contributed by atoms with Crippen LogP contribution in [0.4, 0.5) is 4.79 Å². The lowest BCUT2D eigenvalue weighted by Crippen LogP contribution is -2.38. The summed E-state index contributed by atoms with van der Waals surface area (Å²) in [6, 6.07) is 9.71. The molecule has 0 spiro atoms. The Hall–Kier alpha value is -1.85. The molecule has 0 aliphatic carbocycles. The maximum absolute atomic E-state index is 11.8. The highest BCUT2D eigenvalue weighted by Crippen LogP contribution is 2.16. The second kappa shape index (κ2) is 8.56. The third-order valence-electron chi connectivity index (χ3n) is 3.59. The number of aliphatic hydroxyl groups excluding tert-OH is 1. The SMILES string of the molecule is CC(CNC(=O)NCCc1ccc(CO)cc1)c1ccsc1. The van der Waals surface area contributed by atoms with Gasteiger partial charge in [-0.1, -0.05) is 31.2 Å². The first-order chi connectivity index (χ1) is 10.7. The van der Waals surface area contributed by atoms with Crippen molar-refractivity contribution in [1.82, 2.24) is 10.6 Å². The Morgan fingerprint density at radius 3 is 2.55 bits per heavy atom. The summed E-state index contributed by atoms with van der Waals surface area (Å²) >= 11 is 1.67.